The minimum atomic E-state index is -0.641. The van der Waals surface area contributed by atoms with Crippen molar-refractivity contribution in [3.8, 4) is 0 Å². The lowest BCUT2D eigenvalue weighted by Crippen LogP contribution is -2.05. The van der Waals surface area contributed by atoms with Crippen molar-refractivity contribution in [3.05, 3.63) is 52.1 Å². The summed E-state index contributed by atoms with van der Waals surface area (Å²) in [7, 11) is 1.84. The Balaban J connectivity index is 2.43. The number of aromatic amines is 1. The van der Waals surface area contributed by atoms with Crippen LogP contribution < -0.4 is 0 Å². The van der Waals surface area contributed by atoms with Crippen molar-refractivity contribution in [1.82, 2.24) is 9.55 Å². The highest BCUT2D eigenvalue weighted by Gasteiger charge is 2.13. The van der Waals surface area contributed by atoms with Gasteiger partial charge in [-0.2, -0.15) is 0 Å². The monoisotopic (exact) mass is 234 g/mol. The van der Waals surface area contributed by atoms with Gasteiger partial charge in [-0.15, -0.1) is 0 Å². The number of H-pyrrole nitrogens is 1. The Morgan fingerprint density at radius 2 is 2.19 bits per heavy atom. The van der Waals surface area contributed by atoms with E-state index in [0.717, 1.165) is 16.8 Å². The van der Waals surface area contributed by atoms with Crippen LogP contribution in [0.2, 0.25) is 0 Å². The maximum absolute atomic E-state index is 10.2. The Morgan fingerprint density at radius 1 is 1.44 bits per heavy atom. The van der Waals surface area contributed by atoms with Gasteiger partial charge in [-0.3, -0.25) is 0 Å². The van der Waals surface area contributed by atoms with Crippen LogP contribution in [0, 0.1) is 11.7 Å². The number of aliphatic hydroxyl groups is 1. The number of aryl methyl sites for hydroxylation is 1. The van der Waals surface area contributed by atoms with Crippen LogP contribution in [0.1, 0.15) is 22.9 Å². The van der Waals surface area contributed by atoms with Crippen LogP contribution in [0.25, 0.3) is 0 Å². The predicted molar refractivity (Wildman–Crippen MR) is 65.8 cm³/mol. The van der Waals surface area contributed by atoms with E-state index in [1.54, 1.807) is 10.8 Å². The third-order valence-electron chi connectivity index (χ3n) is 2.67. The molecule has 0 saturated carbocycles. The zero-order valence-electron chi connectivity index (χ0n) is 9.27. The molecule has 0 spiro atoms. The van der Waals surface area contributed by atoms with Crippen LogP contribution >= 0.6 is 12.2 Å². The lowest BCUT2D eigenvalue weighted by molar-refractivity contribution is 0.211. The molecule has 2 rings (SSSR count). The Labute approximate surface area is 99.4 Å². The zero-order chi connectivity index (χ0) is 11.7. The van der Waals surface area contributed by atoms with E-state index in [0.29, 0.717) is 4.77 Å². The van der Waals surface area contributed by atoms with Crippen LogP contribution in [0.5, 0.6) is 0 Å². The molecule has 3 nitrogen and oxygen atoms in total. The molecule has 0 amide bonds. The van der Waals surface area contributed by atoms with Crippen LogP contribution in [0.15, 0.2) is 30.5 Å². The first-order chi connectivity index (χ1) is 7.59. The summed E-state index contributed by atoms with van der Waals surface area (Å²) in [4.78, 5) is 2.92. The summed E-state index contributed by atoms with van der Waals surface area (Å²) >= 11 is 5.07. The molecule has 1 aromatic heterocycles. The van der Waals surface area contributed by atoms with Crippen LogP contribution in [0.4, 0.5) is 0 Å². The van der Waals surface area contributed by atoms with Crippen molar-refractivity contribution in [2.24, 2.45) is 7.05 Å². The van der Waals surface area contributed by atoms with Gasteiger partial charge in [0.15, 0.2) is 4.77 Å². The number of rotatable bonds is 2. The minimum Gasteiger partial charge on any atom is -0.382 e. The van der Waals surface area contributed by atoms with Gasteiger partial charge in [0.05, 0.1) is 5.69 Å². The normalized spacial score (nSPS) is 12.7. The van der Waals surface area contributed by atoms with Gasteiger partial charge in [-0.25, -0.2) is 0 Å². The molecule has 0 aliphatic rings. The molecular formula is C12H14N2OS. The first-order valence-corrected chi connectivity index (χ1v) is 5.49. The Kier molecular flexibility index (Phi) is 2.94. The van der Waals surface area contributed by atoms with Gasteiger partial charge in [0, 0.05) is 13.2 Å². The molecule has 4 heteroatoms. The molecule has 0 aliphatic heterocycles. The summed E-state index contributed by atoms with van der Waals surface area (Å²) in [6.45, 7) is 2.01. The highest BCUT2D eigenvalue weighted by atomic mass is 32.1. The largest absolute Gasteiger partial charge is 0.382 e. The molecule has 0 bridgehead atoms. The number of hydrogen-bond donors (Lipinski definition) is 2. The van der Waals surface area contributed by atoms with Crippen molar-refractivity contribution in [2.45, 2.75) is 13.0 Å². The van der Waals surface area contributed by atoms with E-state index in [2.05, 4.69) is 4.98 Å². The van der Waals surface area contributed by atoms with E-state index in [4.69, 9.17) is 12.2 Å². The minimum absolute atomic E-state index is 0.613. The topological polar surface area (TPSA) is 40.9 Å². The quantitative estimate of drug-likeness (QED) is 0.784. The molecule has 1 unspecified atom stereocenters. The van der Waals surface area contributed by atoms with Crippen LogP contribution in [0.3, 0.4) is 0 Å². The molecule has 0 aliphatic carbocycles. The average molecular weight is 234 g/mol. The van der Waals surface area contributed by atoms with Crippen molar-refractivity contribution < 1.29 is 5.11 Å². The van der Waals surface area contributed by atoms with E-state index in [-0.39, 0.29) is 0 Å². The van der Waals surface area contributed by atoms with Crippen molar-refractivity contribution in [2.75, 3.05) is 0 Å². The fourth-order valence-electron chi connectivity index (χ4n) is 1.72. The second-order valence-electron chi connectivity index (χ2n) is 3.89. The summed E-state index contributed by atoms with van der Waals surface area (Å²) in [6, 6.07) is 7.83. The summed E-state index contributed by atoms with van der Waals surface area (Å²) in [5.74, 6) is 0. The number of imidazole rings is 1. The van der Waals surface area contributed by atoms with Crippen molar-refractivity contribution in [1.29, 1.82) is 0 Å². The Morgan fingerprint density at radius 3 is 2.75 bits per heavy atom. The van der Waals surface area contributed by atoms with Gasteiger partial charge in [0.25, 0.3) is 0 Å². The van der Waals surface area contributed by atoms with Gasteiger partial charge < -0.3 is 14.7 Å². The smallest absolute Gasteiger partial charge is 0.177 e. The van der Waals surface area contributed by atoms with Gasteiger partial charge in [0.2, 0.25) is 0 Å². The van der Waals surface area contributed by atoms with Crippen molar-refractivity contribution >= 4 is 12.2 Å². The molecule has 1 aromatic carbocycles. The van der Waals surface area contributed by atoms with Crippen LogP contribution in [-0.2, 0) is 7.05 Å². The third-order valence-corrected chi connectivity index (χ3v) is 3.07. The predicted octanol–water partition coefficient (Wildman–Crippen LogP) is 2.47. The highest BCUT2D eigenvalue weighted by Crippen LogP contribution is 2.21. The number of hydrogen-bond acceptors (Lipinski definition) is 2. The van der Waals surface area contributed by atoms with E-state index < -0.39 is 6.10 Å². The Bertz CT molecular complexity index is 556. The van der Waals surface area contributed by atoms with E-state index in [1.165, 1.54) is 0 Å². The maximum atomic E-state index is 10.2. The summed E-state index contributed by atoms with van der Waals surface area (Å²) < 4.78 is 2.39. The molecule has 0 saturated heterocycles. The number of aromatic nitrogens is 2. The lowest BCUT2D eigenvalue weighted by Gasteiger charge is -2.12. The van der Waals surface area contributed by atoms with Gasteiger partial charge in [0.1, 0.15) is 6.10 Å². The fraction of sp³-hybridized carbons (Fsp3) is 0.250. The van der Waals surface area contributed by atoms with E-state index in [9.17, 15) is 5.11 Å². The molecule has 84 valence electrons. The SMILES string of the molecule is Cc1cccc(C(O)c2c[nH]c(=S)n2C)c1. The second kappa shape index (κ2) is 4.23. The zero-order valence-corrected chi connectivity index (χ0v) is 10.1. The first kappa shape index (κ1) is 11.1. The maximum Gasteiger partial charge on any atom is 0.177 e. The molecule has 2 N–H and O–H groups in total. The molecule has 1 atom stereocenters. The van der Waals surface area contributed by atoms with E-state index in [1.807, 2.05) is 38.2 Å². The highest BCUT2D eigenvalue weighted by molar-refractivity contribution is 7.71. The average Bonchev–Trinajstić information content (AvgIpc) is 2.59. The van der Waals surface area contributed by atoms with Gasteiger partial charge in [-0.05, 0) is 24.7 Å². The number of nitrogens with one attached hydrogen (secondary N) is 1. The molecule has 0 fully saturated rings. The fourth-order valence-corrected chi connectivity index (χ4v) is 1.88. The molecule has 0 radical (unpaired) electrons. The number of nitrogens with zero attached hydrogens (tertiary/aromatic N) is 1. The molecule has 1 heterocycles. The first-order valence-electron chi connectivity index (χ1n) is 5.08. The van der Waals surface area contributed by atoms with Crippen molar-refractivity contribution in [3.63, 3.8) is 0 Å². The van der Waals surface area contributed by atoms with Gasteiger partial charge in [-0.1, -0.05) is 29.8 Å². The number of aliphatic hydroxyl groups excluding tert-OH is 1. The Hall–Kier alpha value is -1.39. The summed E-state index contributed by atoms with van der Waals surface area (Å²) in [5.41, 5.74) is 2.79. The molecule has 2 aromatic rings. The standard InChI is InChI=1S/C12H14N2OS/c1-8-4-3-5-9(6-8)11(15)10-7-13-12(16)14(10)2/h3-7,11,15H,1-2H3,(H,13,16). The van der Waals surface area contributed by atoms with Crippen LogP contribution in [-0.4, -0.2) is 14.7 Å². The van der Waals surface area contributed by atoms with Gasteiger partial charge >= 0.3 is 0 Å². The second-order valence-corrected chi connectivity index (χ2v) is 4.28. The number of benzene rings is 1. The third kappa shape index (κ3) is 1.94. The summed E-state index contributed by atoms with van der Waals surface area (Å²) in [5, 5.41) is 10.2. The molecule has 16 heavy (non-hydrogen) atoms. The lowest BCUT2D eigenvalue weighted by atomic mass is 10.0. The van der Waals surface area contributed by atoms with E-state index >= 15 is 0 Å². The summed E-state index contributed by atoms with van der Waals surface area (Å²) in [6.07, 6.45) is 1.10. The molecular weight excluding hydrogens is 220 g/mol.